The van der Waals surface area contributed by atoms with E-state index in [0.717, 1.165) is 12.0 Å². The molecule has 9 heteroatoms. The van der Waals surface area contributed by atoms with Gasteiger partial charge in [0.1, 0.15) is 0 Å². The first-order chi connectivity index (χ1) is 17.8. The Balaban J connectivity index is 1.54. The van der Waals surface area contributed by atoms with E-state index in [0.29, 0.717) is 11.4 Å². The molecule has 0 fully saturated rings. The second-order valence-corrected chi connectivity index (χ2v) is 10.7. The molecule has 1 heterocycles. The number of hydrogen-bond acceptors (Lipinski definition) is 4. The van der Waals surface area contributed by atoms with Gasteiger partial charge in [0.15, 0.2) is 0 Å². The van der Waals surface area contributed by atoms with Crippen molar-refractivity contribution >= 4 is 85.9 Å². The monoisotopic (exact) mass is 713 g/mol. The average molecular weight is 713 g/mol. The fourth-order valence-electron chi connectivity index (χ4n) is 3.97. The Hall–Kier alpha value is -3.58. The van der Waals surface area contributed by atoms with Gasteiger partial charge >= 0.3 is 0 Å². The number of amides is 4. The summed E-state index contributed by atoms with van der Waals surface area (Å²) in [7, 11) is 0. The van der Waals surface area contributed by atoms with Crippen LogP contribution in [0, 0.1) is 7.14 Å². The van der Waals surface area contributed by atoms with Crippen LogP contribution < -0.4 is 15.5 Å². The lowest BCUT2D eigenvalue weighted by Crippen LogP contribution is -2.30. The molecule has 1 aliphatic rings. The number of benzene rings is 4. The van der Waals surface area contributed by atoms with Crippen LogP contribution in [0.25, 0.3) is 0 Å². The summed E-state index contributed by atoms with van der Waals surface area (Å²) in [6, 6.07) is 25.3. The summed E-state index contributed by atoms with van der Waals surface area (Å²) in [4.78, 5) is 53.7. The van der Waals surface area contributed by atoms with Crippen molar-refractivity contribution in [3.63, 3.8) is 0 Å². The zero-order valence-corrected chi connectivity index (χ0v) is 23.3. The number of halogens is 2. The summed E-state index contributed by atoms with van der Waals surface area (Å²) in [6.07, 6.45) is 0. The average Bonchev–Trinajstić information content (AvgIpc) is 3.13. The second-order valence-electron chi connectivity index (χ2n) is 8.19. The van der Waals surface area contributed by atoms with Gasteiger partial charge in [-0.25, -0.2) is 4.90 Å². The van der Waals surface area contributed by atoms with E-state index in [-0.39, 0.29) is 27.9 Å². The van der Waals surface area contributed by atoms with E-state index in [1.54, 1.807) is 48.5 Å². The van der Waals surface area contributed by atoms with Gasteiger partial charge in [-0.15, -0.1) is 0 Å². The van der Waals surface area contributed by atoms with Crippen LogP contribution in [-0.4, -0.2) is 23.6 Å². The lowest BCUT2D eigenvalue weighted by atomic mass is 10.1. The van der Waals surface area contributed by atoms with Gasteiger partial charge in [-0.1, -0.05) is 24.3 Å². The van der Waals surface area contributed by atoms with Gasteiger partial charge in [0.25, 0.3) is 23.6 Å². The summed E-state index contributed by atoms with van der Waals surface area (Å²) in [5.41, 5.74) is 2.08. The van der Waals surface area contributed by atoms with Crippen LogP contribution in [-0.2, 0) is 0 Å². The molecule has 4 amide bonds. The summed E-state index contributed by atoms with van der Waals surface area (Å²) in [6.45, 7) is 0. The molecule has 0 unspecified atom stereocenters. The van der Waals surface area contributed by atoms with Crippen molar-refractivity contribution in [1.82, 2.24) is 0 Å². The third kappa shape index (κ3) is 5.27. The van der Waals surface area contributed by atoms with Gasteiger partial charge in [-0.2, -0.15) is 0 Å². The summed E-state index contributed by atoms with van der Waals surface area (Å²) < 4.78 is 1.88. The van der Waals surface area contributed by atoms with E-state index in [1.807, 2.05) is 24.3 Å². The number of hydrogen-bond donors (Lipinski definition) is 2. The highest BCUT2D eigenvalue weighted by Gasteiger charge is 2.37. The molecule has 5 rings (SSSR count). The summed E-state index contributed by atoms with van der Waals surface area (Å²) >= 11 is 4.29. The minimum Gasteiger partial charge on any atom is -0.322 e. The van der Waals surface area contributed by atoms with Gasteiger partial charge in [-0.3, -0.25) is 19.2 Å². The molecule has 2 N–H and O–H groups in total. The first-order valence-electron chi connectivity index (χ1n) is 11.1. The molecule has 0 saturated carbocycles. The number of imide groups is 1. The SMILES string of the molecule is O=C(Nc1cccc(I)c1)c1cc(C(=O)Nc2cccc(I)c2)cc(N2C(=O)c3ccccc3C2=O)c1. The van der Waals surface area contributed by atoms with Crippen LogP contribution in [0.5, 0.6) is 0 Å². The van der Waals surface area contributed by atoms with E-state index in [4.69, 9.17) is 0 Å². The molecule has 0 aromatic heterocycles. The van der Waals surface area contributed by atoms with Crippen LogP contribution in [0.4, 0.5) is 17.1 Å². The number of carbonyl (C=O) groups is 4. The highest BCUT2D eigenvalue weighted by Crippen LogP contribution is 2.30. The van der Waals surface area contributed by atoms with Gasteiger partial charge in [0, 0.05) is 29.6 Å². The maximum Gasteiger partial charge on any atom is 0.266 e. The minimum atomic E-state index is -0.514. The van der Waals surface area contributed by atoms with Crippen LogP contribution in [0.2, 0.25) is 0 Å². The number of carbonyl (C=O) groups excluding carboxylic acids is 4. The Labute approximate surface area is 239 Å². The molecule has 0 aliphatic carbocycles. The normalized spacial score (nSPS) is 12.3. The largest absolute Gasteiger partial charge is 0.322 e. The lowest BCUT2D eigenvalue weighted by molar-refractivity contribution is 0.0922. The molecule has 0 radical (unpaired) electrons. The van der Waals surface area contributed by atoms with E-state index in [1.165, 1.54) is 18.2 Å². The second kappa shape index (κ2) is 10.4. The maximum atomic E-state index is 13.2. The molecule has 0 spiro atoms. The molecule has 1 aliphatic heterocycles. The molecular weight excluding hydrogens is 696 g/mol. The molecule has 4 aromatic rings. The Bertz CT molecular complexity index is 1490. The fraction of sp³-hybridized carbons (Fsp3) is 0. The van der Waals surface area contributed by atoms with Crippen molar-refractivity contribution in [3.8, 4) is 0 Å². The highest BCUT2D eigenvalue weighted by molar-refractivity contribution is 14.1. The molecule has 4 aromatic carbocycles. The number of rotatable bonds is 5. The number of anilines is 3. The maximum absolute atomic E-state index is 13.2. The molecule has 0 saturated heterocycles. The molecule has 7 nitrogen and oxygen atoms in total. The first-order valence-corrected chi connectivity index (χ1v) is 13.2. The van der Waals surface area contributed by atoms with Crippen molar-refractivity contribution in [3.05, 3.63) is 120 Å². The van der Waals surface area contributed by atoms with Gasteiger partial charge in [0.05, 0.1) is 16.8 Å². The van der Waals surface area contributed by atoms with Crippen molar-refractivity contribution in [2.24, 2.45) is 0 Å². The van der Waals surface area contributed by atoms with Crippen molar-refractivity contribution in [1.29, 1.82) is 0 Å². The Morgan fingerprint density at radius 2 is 1.05 bits per heavy atom. The zero-order valence-electron chi connectivity index (χ0n) is 19.0. The predicted octanol–water partition coefficient (Wildman–Crippen LogP) is 6.20. The Morgan fingerprint density at radius 3 is 1.49 bits per heavy atom. The fourth-order valence-corrected chi connectivity index (χ4v) is 5.05. The van der Waals surface area contributed by atoms with Crippen LogP contribution in [0.1, 0.15) is 41.4 Å². The third-order valence-corrected chi connectivity index (χ3v) is 7.00. The number of nitrogens with one attached hydrogen (secondary N) is 2. The molecule has 0 atom stereocenters. The predicted molar refractivity (Wildman–Crippen MR) is 158 cm³/mol. The van der Waals surface area contributed by atoms with Gasteiger partial charge < -0.3 is 10.6 Å². The molecular formula is C28H17I2N3O4. The zero-order chi connectivity index (χ0) is 26.1. The molecule has 182 valence electrons. The van der Waals surface area contributed by atoms with E-state index < -0.39 is 23.6 Å². The lowest BCUT2D eigenvalue weighted by Gasteiger charge is -2.17. The first kappa shape index (κ1) is 25.1. The van der Waals surface area contributed by atoms with Gasteiger partial charge in [-0.05, 0) is 112 Å². The quantitative estimate of drug-likeness (QED) is 0.190. The topological polar surface area (TPSA) is 95.6 Å². The number of fused-ring (bicyclic) bond motifs is 1. The highest BCUT2D eigenvalue weighted by atomic mass is 127. The summed E-state index contributed by atoms with van der Waals surface area (Å²) in [5, 5.41) is 5.63. The molecule has 37 heavy (non-hydrogen) atoms. The van der Waals surface area contributed by atoms with Crippen molar-refractivity contribution in [2.75, 3.05) is 15.5 Å². The Kier molecular flexibility index (Phi) is 7.07. The standard InChI is InChI=1S/C28H17I2N3O4/c29-18-5-3-7-20(14-18)31-25(34)16-11-17(26(35)32-21-8-4-6-19(30)15-21)13-22(12-16)33-27(36)23-9-1-2-10-24(23)28(33)37/h1-15H,(H,31,34)(H,32,35). The van der Waals surface area contributed by atoms with E-state index in [9.17, 15) is 19.2 Å². The number of nitrogens with zero attached hydrogens (tertiary/aromatic N) is 1. The van der Waals surface area contributed by atoms with Crippen molar-refractivity contribution in [2.45, 2.75) is 0 Å². The van der Waals surface area contributed by atoms with E-state index in [2.05, 4.69) is 55.8 Å². The van der Waals surface area contributed by atoms with Gasteiger partial charge in [0.2, 0.25) is 0 Å². The van der Waals surface area contributed by atoms with E-state index >= 15 is 0 Å². The van der Waals surface area contributed by atoms with Crippen LogP contribution in [0.3, 0.4) is 0 Å². The summed E-state index contributed by atoms with van der Waals surface area (Å²) in [5.74, 6) is -1.99. The van der Waals surface area contributed by atoms with Crippen LogP contribution in [0.15, 0.2) is 91.0 Å². The molecule has 0 bridgehead atoms. The van der Waals surface area contributed by atoms with Crippen LogP contribution >= 0.6 is 45.2 Å². The Morgan fingerprint density at radius 1 is 0.595 bits per heavy atom. The minimum absolute atomic E-state index is 0.126. The third-order valence-electron chi connectivity index (χ3n) is 5.66. The van der Waals surface area contributed by atoms with Crippen molar-refractivity contribution < 1.29 is 19.2 Å². The smallest absolute Gasteiger partial charge is 0.266 e.